The molecule has 0 bridgehead atoms. The lowest BCUT2D eigenvalue weighted by Gasteiger charge is -2.39. The molecule has 1 aromatic heterocycles. The van der Waals surface area contributed by atoms with Gasteiger partial charge in [-0.3, -0.25) is 9.88 Å². The summed E-state index contributed by atoms with van der Waals surface area (Å²) in [7, 11) is 0. The summed E-state index contributed by atoms with van der Waals surface area (Å²) in [6.45, 7) is 12.0. The molecular formula is C16H29N3O. The summed E-state index contributed by atoms with van der Waals surface area (Å²) in [4.78, 5) is 6.74. The van der Waals surface area contributed by atoms with Crippen molar-refractivity contribution < 1.29 is 5.11 Å². The zero-order valence-electron chi connectivity index (χ0n) is 13.4. The van der Waals surface area contributed by atoms with Gasteiger partial charge < -0.3 is 10.8 Å². The van der Waals surface area contributed by atoms with E-state index in [9.17, 15) is 5.11 Å². The van der Waals surface area contributed by atoms with Crippen LogP contribution in [0, 0.1) is 12.3 Å². The fraction of sp³-hybridized carbons (Fsp3) is 0.688. The minimum absolute atomic E-state index is 0.0408. The van der Waals surface area contributed by atoms with Crippen LogP contribution in [0.1, 0.15) is 39.1 Å². The highest BCUT2D eigenvalue weighted by atomic mass is 16.3. The molecule has 0 aliphatic carbocycles. The maximum atomic E-state index is 9.75. The van der Waals surface area contributed by atoms with Crippen LogP contribution in [0.3, 0.4) is 0 Å². The summed E-state index contributed by atoms with van der Waals surface area (Å²) in [5.41, 5.74) is 8.34. The Balaban J connectivity index is 2.87. The molecule has 3 N–H and O–H groups in total. The van der Waals surface area contributed by atoms with Gasteiger partial charge in [0.25, 0.3) is 0 Å². The van der Waals surface area contributed by atoms with Gasteiger partial charge in [-0.05, 0) is 31.0 Å². The van der Waals surface area contributed by atoms with E-state index in [2.05, 4.69) is 37.6 Å². The first-order chi connectivity index (χ1) is 9.29. The van der Waals surface area contributed by atoms with E-state index in [-0.39, 0.29) is 24.1 Å². The molecule has 20 heavy (non-hydrogen) atoms. The number of nitrogens with zero attached hydrogens (tertiary/aromatic N) is 2. The summed E-state index contributed by atoms with van der Waals surface area (Å²) >= 11 is 0. The van der Waals surface area contributed by atoms with Crippen molar-refractivity contribution in [1.29, 1.82) is 0 Å². The Morgan fingerprint density at radius 1 is 1.35 bits per heavy atom. The maximum absolute atomic E-state index is 9.75. The standard InChI is InChI=1S/C16H29N3O/c1-6-19(10-13-9-7-8-12(2)18-13)14(11-20)15(17)16(3,4)5/h7-9,14-15,20H,6,10-11,17H2,1-5H3. The third kappa shape index (κ3) is 4.54. The second-order valence-electron chi connectivity index (χ2n) is 6.48. The first kappa shape index (κ1) is 17.1. The van der Waals surface area contributed by atoms with Crippen molar-refractivity contribution in [3.05, 3.63) is 29.6 Å². The van der Waals surface area contributed by atoms with Crippen molar-refractivity contribution in [2.24, 2.45) is 11.1 Å². The van der Waals surface area contributed by atoms with Crippen molar-refractivity contribution in [2.45, 2.75) is 53.2 Å². The van der Waals surface area contributed by atoms with E-state index in [0.717, 1.165) is 17.9 Å². The summed E-state index contributed by atoms with van der Waals surface area (Å²) in [6, 6.07) is 5.89. The second-order valence-corrected chi connectivity index (χ2v) is 6.48. The monoisotopic (exact) mass is 279 g/mol. The van der Waals surface area contributed by atoms with Gasteiger partial charge in [-0.15, -0.1) is 0 Å². The van der Waals surface area contributed by atoms with Gasteiger partial charge >= 0.3 is 0 Å². The zero-order valence-corrected chi connectivity index (χ0v) is 13.4. The van der Waals surface area contributed by atoms with Crippen LogP contribution in [0.2, 0.25) is 0 Å². The molecule has 2 unspecified atom stereocenters. The molecule has 0 saturated carbocycles. The highest BCUT2D eigenvalue weighted by molar-refractivity contribution is 5.10. The molecular weight excluding hydrogens is 250 g/mol. The molecule has 114 valence electrons. The third-order valence-electron chi connectivity index (χ3n) is 3.79. The van der Waals surface area contributed by atoms with Gasteiger partial charge in [0.1, 0.15) is 0 Å². The van der Waals surface area contributed by atoms with Crippen molar-refractivity contribution >= 4 is 0 Å². The normalized spacial score (nSPS) is 15.4. The molecule has 1 rings (SSSR count). The van der Waals surface area contributed by atoms with Crippen LogP contribution in [0.15, 0.2) is 18.2 Å². The predicted octanol–water partition coefficient (Wildman–Crippen LogP) is 1.95. The summed E-state index contributed by atoms with van der Waals surface area (Å²) in [6.07, 6.45) is 0. The number of hydrogen-bond donors (Lipinski definition) is 2. The topological polar surface area (TPSA) is 62.4 Å². The molecule has 0 aromatic carbocycles. The van der Waals surface area contributed by atoms with Gasteiger partial charge in [0.05, 0.1) is 12.3 Å². The number of likely N-dealkylation sites (N-methyl/N-ethyl adjacent to an activating group) is 1. The van der Waals surface area contributed by atoms with Gasteiger partial charge in [-0.25, -0.2) is 0 Å². The van der Waals surface area contributed by atoms with E-state index in [0.29, 0.717) is 6.54 Å². The van der Waals surface area contributed by atoms with Gasteiger partial charge in [0, 0.05) is 24.3 Å². The number of hydrogen-bond acceptors (Lipinski definition) is 4. The molecule has 1 heterocycles. The molecule has 0 saturated heterocycles. The van der Waals surface area contributed by atoms with E-state index in [4.69, 9.17) is 5.73 Å². The Hall–Kier alpha value is -0.970. The van der Waals surface area contributed by atoms with Crippen LogP contribution in [-0.2, 0) is 6.54 Å². The van der Waals surface area contributed by atoms with E-state index in [1.165, 1.54) is 0 Å². The van der Waals surface area contributed by atoms with Crippen molar-refractivity contribution in [3.63, 3.8) is 0 Å². The summed E-state index contributed by atoms with van der Waals surface area (Å²) < 4.78 is 0. The lowest BCUT2D eigenvalue weighted by Crippen LogP contribution is -2.55. The number of aromatic nitrogens is 1. The maximum Gasteiger partial charge on any atom is 0.0602 e. The lowest BCUT2D eigenvalue weighted by atomic mass is 9.82. The van der Waals surface area contributed by atoms with Crippen LogP contribution < -0.4 is 5.73 Å². The number of pyridine rings is 1. The molecule has 4 nitrogen and oxygen atoms in total. The van der Waals surface area contributed by atoms with Gasteiger partial charge in [-0.2, -0.15) is 0 Å². The van der Waals surface area contributed by atoms with E-state index >= 15 is 0 Å². The molecule has 2 atom stereocenters. The average Bonchev–Trinajstić information content (AvgIpc) is 2.37. The smallest absolute Gasteiger partial charge is 0.0602 e. The molecule has 0 aliphatic rings. The quantitative estimate of drug-likeness (QED) is 0.835. The van der Waals surface area contributed by atoms with Gasteiger partial charge in [-0.1, -0.05) is 33.8 Å². The second kappa shape index (κ2) is 7.16. The minimum Gasteiger partial charge on any atom is -0.395 e. The predicted molar refractivity (Wildman–Crippen MR) is 83.4 cm³/mol. The molecule has 0 spiro atoms. The Labute approximate surface area is 123 Å². The molecule has 0 aliphatic heterocycles. The fourth-order valence-corrected chi connectivity index (χ4v) is 2.39. The van der Waals surface area contributed by atoms with Crippen LogP contribution in [-0.4, -0.2) is 40.2 Å². The van der Waals surface area contributed by atoms with Crippen LogP contribution in [0.4, 0.5) is 0 Å². The molecule has 1 aromatic rings. The van der Waals surface area contributed by atoms with Crippen molar-refractivity contribution in [1.82, 2.24) is 9.88 Å². The Bertz CT molecular complexity index is 414. The van der Waals surface area contributed by atoms with Crippen molar-refractivity contribution in [2.75, 3.05) is 13.2 Å². The minimum atomic E-state index is -0.0859. The average molecular weight is 279 g/mol. The lowest BCUT2D eigenvalue weighted by molar-refractivity contribution is 0.0683. The van der Waals surface area contributed by atoms with Crippen LogP contribution in [0.5, 0.6) is 0 Å². The molecule has 0 fully saturated rings. The first-order valence-corrected chi connectivity index (χ1v) is 7.32. The number of rotatable bonds is 6. The van der Waals surface area contributed by atoms with Crippen LogP contribution in [0.25, 0.3) is 0 Å². The third-order valence-corrected chi connectivity index (χ3v) is 3.79. The van der Waals surface area contributed by atoms with Crippen LogP contribution >= 0.6 is 0 Å². The summed E-state index contributed by atoms with van der Waals surface area (Å²) in [5, 5.41) is 9.75. The molecule has 4 heteroatoms. The highest BCUT2D eigenvalue weighted by Crippen LogP contribution is 2.23. The fourth-order valence-electron chi connectivity index (χ4n) is 2.39. The number of nitrogens with two attached hydrogens (primary N) is 1. The largest absolute Gasteiger partial charge is 0.395 e. The Morgan fingerprint density at radius 2 is 2.00 bits per heavy atom. The number of aliphatic hydroxyl groups excluding tert-OH is 1. The van der Waals surface area contributed by atoms with Crippen molar-refractivity contribution in [3.8, 4) is 0 Å². The first-order valence-electron chi connectivity index (χ1n) is 7.32. The molecule has 0 radical (unpaired) electrons. The molecule has 0 amide bonds. The summed E-state index contributed by atoms with van der Waals surface area (Å²) in [5.74, 6) is 0. The van der Waals surface area contributed by atoms with E-state index in [1.54, 1.807) is 0 Å². The van der Waals surface area contributed by atoms with E-state index < -0.39 is 0 Å². The Morgan fingerprint density at radius 3 is 2.45 bits per heavy atom. The van der Waals surface area contributed by atoms with Gasteiger partial charge in [0.15, 0.2) is 0 Å². The Kier molecular flexibility index (Phi) is 6.11. The highest BCUT2D eigenvalue weighted by Gasteiger charge is 2.32. The zero-order chi connectivity index (χ0) is 15.3. The number of aryl methyl sites for hydroxylation is 1. The number of aliphatic hydroxyl groups is 1. The van der Waals surface area contributed by atoms with E-state index in [1.807, 2.05) is 25.1 Å². The SMILES string of the molecule is CCN(Cc1cccc(C)n1)C(CO)C(N)C(C)(C)C. The van der Waals surface area contributed by atoms with Gasteiger partial charge in [0.2, 0.25) is 0 Å².